The first-order valence-corrected chi connectivity index (χ1v) is 7.37. The summed E-state index contributed by atoms with van der Waals surface area (Å²) in [5.41, 5.74) is 1.27. The molecule has 1 aromatic heterocycles. The van der Waals surface area contributed by atoms with E-state index in [1.54, 1.807) is 35.1 Å². The van der Waals surface area contributed by atoms with Crippen molar-refractivity contribution in [3.05, 3.63) is 36.7 Å². The van der Waals surface area contributed by atoms with Gasteiger partial charge in [0.25, 0.3) is 0 Å². The monoisotopic (exact) mass is 280 g/mol. The van der Waals surface area contributed by atoms with Crippen molar-refractivity contribution >= 4 is 21.4 Å². The van der Waals surface area contributed by atoms with Crippen molar-refractivity contribution in [3.8, 4) is 0 Å². The van der Waals surface area contributed by atoms with Crippen LogP contribution in [0.5, 0.6) is 0 Å². The summed E-state index contributed by atoms with van der Waals surface area (Å²) < 4.78 is 27.9. The average Bonchev–Trinajstić information content (AvgIpc) is 2.87. The molecule has 0 fully saturated rings. The number of nitrogens with one attached hydrogen (secondary N) is 2. The Balaban J connectivity index is 2.35. The van der Waals surface area contributed by atoms with Crippen molar-refractivity contribution in [2.45, 2.75) is 18.4 Å². The second kappa shape index (κ2) is 5.41. The SMILES string of the molecule is CCn1cc(Nc2ccccc2S(=O)(=O)NC)cn1. The fourth-order valence-electron chi connectivity index (χ4n) is 1.67. The first kappa shape index (κ1) is 13.6. The summed E-state index contributed by atoms with van der Waals surface area (Å²) in [4.78, 5) is 0.210. The van der Waals surface area contributed by atoms with Gasteiger partial charge in [-0.2, -0.15) is 5.10 Å². The Morgan fingerprint density at radius 2 is 2.05 bits per heavy atom. The first-order valence-electron chi connectivity index (χ1n) is 5.89. The highest BCUT2D eigenvalue weighted by atomic mass is 32.2. The number of para-hydroxylation sites is 1. The Hall–Kier alpha value is -1.86. The van der Waals surface area contributed by atoms with E-state index in [0.717, 1.165) is 12.2 Å². The number of aryl methyl sites for hydroxylation is 1. The van der Waals surface area contributed by atoms with Gasteiger partial charge >= 0.3 is 0 Å². The van der Waals surface area contributed by atoms with Crippen LogP contribution in [0.25, 0.3) is 0 Å². The summed E-state index contributed by atoms with van der Waals surface area (Å²) in [6, 6.07) is 6.73. The summed E-state index contributed by atoms with van der Waals surface area (Å²) >= 11 is 0. The molecule has 0 unspecified atom stereocenters. The van der Waals surface area contributed by atoms with Gasteiger partial charge in [0.05, 0.1) is 17.6 Å². The second-order valence-electron chi connectivity index (χ2n) is 3.91. The van der Waals surface area contributed by atoms with Crippen LogP contribution in [0.3, 0.4) is 0 Å². The van der Waals surface area contributed by atoms with Gasteiger partial charge in [-0.15, -0.1) is 0 Å². The minimum atomic E-state index is -3.49. The highest BCUT2D eigenvalue weighted by Crippen LogP contribution is 2.24. The third-order valence-corrected chi connectivity index (χ3v) is 4.15. The van der Waals surface area contributed by atoms with Gasteiger partial charge < -0.3 is 5.32 Å². The molecule has 0 bridgehead atoms. The number of anilines is 2. The molecule has 0 atom stereocenters. The molecule has 1 aromatic carbocycles. The minimum absolute atomic E-state index is 0.210. The smallest absolute Gasteiger partial charge is 0.242 e. The van der Waals surface area contributed by atoms with Crippen LogP contribution >= 0.6 is 0 Å². The van der Waals surface area contributed by atoms with Gasteiger partial charge in [-0.25, -0.2) is 13.1 Å². The Labute approximate surface area is 112 Å². The number of rotatable bonds is 5. The molecular weight excluding hydrogens is 264 g/mol. The summed E-state index contributed by atoms with van der Waals surface area (Å²) in [5, 5.41) is 7.20. The molecule has 0 aliphatic heterocycles. The van der Waals surface area contributed by atoms with E-state index in [1.165, 1.54) is 7.05 Å². The number of aromatic nitrogens is 2. The second-order valence-corrected chi connectivity index (χ2v) is 5.77. The van der Waals surface area contributed by atoms with Gasteiger partial charge in [0.1, 0.15) is 4.90 Å². The lowest BCUT2D eigenvalue weighted by Gasteiger charge is -2.10. The molecule has 19 heavy (non-hydrogen) atoms. The van der Waals surface area contributed by atoms with Crippen molar-refractivity contribution in [1.82, 2.24) is 14.5 Å². The number of nitrogens with zero attached hydrogens (tertiary/aromatic N) is 2. The summed E-state index contributed by atoms with van der Waals surface area (Å²) in [5.74, 6) is 0. The quantitative estimate of drug-likeness (QED) is 0.871. The fourth-order valence-corrected chi connectivity index (χ4v) is 2.56. The highest BCUT2D eigenvalue weighted by molar-refractivity contribution is 7.89. The van der Waals surface area contributed by atoms with Gasteiger partial charge in [-0.3, -0.25) is 4.68 Å². The van der Waals surface area contributed by atoms with Gasteiger partial charge in [-0.1, -0.05) is 12.1 Å². The standard InChI is InChI=1S/C12H16N4O2S/c1-3-16-9-10(8-14-16)15-11-6-4-5-7-12(11)19(17,18)13-2/h4-9,13,15H,3H2,1-2H3. The van der Waals surface area contributed by atoms with E-state index >= 15 is 0 Å². The van der Waals surface area contributed by atoms with Crippen molar-refractivity contribution in [3.63, 3.8) is 0 Å². The highest BCUT2D eigenvalue weighted by Gasteiger charge is 2.16. The van der Waals surface area contributed by atoms with Crippen LogP contribution in [-0.2, 0) is 16.6 Å². The van der Waals surface area contributed by atoms with Crippen LogP contribution in [0, 0.1) is 0 Å². The lowest BCUT2D eigenvalue weighted by Crippen LogP contribution is -2.19. The third-order valence-electron chi connectivity index (χ3n) is 2.68. The molecule has 0 saturated heterocycles. The Morgan fingerprint density at radius 1 is 1.32 bits per heavy atom. The first-order chi connectivity index (χ1) is 9.06. The summed E-state index contributed by atoms with van der Waals surface area (Å²) in [6.07, 6.45) is 3.48. The van der Waals surface area contributed by atoms with Gasteiger partial charge in [0.2, 0.25) is 10.0 Å². The Kier molecular flexibility index (Phi) is 3.87. The van der Waals surface area contributed by atoms with Crippen molar-refractivity contribution in [2.24, 2.45) is 0 Å². The lowest BCUT2D eigenvalue weighted by molar-refractivity contribution is 0.588. The molecular formula is C12H16N4O2S. The van der Waals surface area contributed by atoms with E-state index in [9.17, 15) is 8.42 Å². The summed E-state index contributed by atoms with van der Waals surface area (Å²) in [7, 11) is -2.10. The van der Waals surface area contributed by atoms with Crippen LogP contribution in [-0.4, -0.2) is 25.2 Å². The van der Waals surface area contributed by atoms with E-state index < -0.39 is 10.0 Å². The molecule has 0 amide bonds. The number of hydrogen-bond donors (Lipinski definition) is 2. The molecule has 1 heterocycles. The normalized spacial score (nSPS) is 11.5. The van der Waals surface area contributed by atoms with Crippen molar-refractivity contribution < 1.29 is 8.42 Å². The molecule has 7 heteroatoms. The molecule has 0 aliphatic rings. The predicted octanol–water partition coefficient (Wildman–Crippen LogP) is 1.55. The van der Waals surface area contributed by atoms with Gasteiger partial charge in [-0.05, 0) is 26.1 Å². The third kappa shape index (κ3) is 2.94. The fraction of sp³-hybridized carbons (Fsp3) is 0.250. The maximum atomic E-state index is 11.9. The molecule has 0 aliphatic carbocycles. The molecule has 0 radical (unpaired) electrons. The Bertz CT molecular complexity index is 664. The zero-order valence-electron chi connectivity index (χ0n) is 10.8. The van der Waals surface area contributed by atoms with Crippen LogP contribution in [0.15, 0.2) is 41.6 Å². The van der Waals surface area contributed by atoms with Crippen molar-refractivity contribution in [1.29, 1.82) is 0 Å². The Morgan fingerprint density at radius 3 is 2.68 bits per heavy atom. The zero-order valence-corrected chi connectivity index (χ0v) is 11.6. The molecule has 0 saturated carbocycles. The van der Waals surface area contributed by atoms with Crippen LogP contribution in [0.2, 0.25) is 0 Å². The number of sulfonamides is 1. The summed E-state index contributed by atoms with van der Waals surface area (Å²) in [6.45, 7) is 2.74. The van der Waals surface area contributed by atoms with E-state index in [1.807, 2.05) is 13.1 Å². The van der Waals surface area contributed by atoms with Crippen molar-refractivity contribution in [2.75, 3.05) is 12.4 Å². The lowest BCUT2D eigenvalue weighted by atomic mass is 10.3. The molecule has 2 N–H and O–H groups in total. The van der Waals surface area contributed by atoms with E-state index in [4.69, 9.17) is 0 Å². The topological polar surface area (TPSA) is 76.0 Å². The average molecular weight is 280 g/mol. The van der Waals surface area contributed by atoms with Gasteiger partial charge in [0.15, 0.2) is 0 Å². The van der Waals surface area contributed by atoms with Gasteiger partial charge in [0, 0.05) is 12.7 Å². The molecule has 0 spiro atoms. The largest absolute Gasteiger partial charge is 0.352 e. The maximum absolute atomic E-state index is 11.9. The zero-order chi connectivity index (χ0) is 13.9. The number of hydrogen-bond acceptors (Lipinski definition) is 4. The van der Waals surface area contributed by atoms with E-state index in [2.05, 4.69) is 15.1 Å². The van der Waals surface area contributed by atoms with E-state index in [0.29, 0.717) is 5.69 Å². The minimum Gasteiger partial charge on any atom is -0.352 e. The number of benzene rings is 1. The molecule has 102 valence electrons. The van der Waals surface area contributed by atoms with E-state index in [-0.39, 0.29) is 4.90 Å². The molecule has 2 rings (SSSR count). The predicted molar refractivity (Wildman–Crippen MR) is 73.9 cm³/mol. The van der Waals surface area contributed by atoms with Crippen LogP contribution < -0.4 is 10.0 Å². The van der Waals surface area contributed by atoms with Crippen LogP contribution in [0.4, 0.5) is 11.4 Å². The molecule has 2 aromatic rings. The maximum Gasteiger partial charge on any atom is 0.242 e. The van der Waals surface area contributed by atoms with Crippen LogP contribution in [0.1, 0.15) is 6.92 Å². The molecule has 6 nitrogen and oxygen atoms in total.